The highest BCUT2D eigenvalue weighted by atomic mass is 35.5. The van der Waals surface area contributed by atoms with Crippen molar-refractivity contribution in [3.63, 3.8) is 0 Å². The van der Waals surface area contributed by atoms with Gasteiger partial charge in [-0.1, -0.05) is 23.4 Å². The molecule has 7 nitrogen and oxygen atoms in total. The number of nitrogens with zero attached hydrogens (tertiary/aromatic N) is 4. The number of ether oxygens (including phenoxy) is 2. The van der Waals surface area contributed by atoms with E-state index in [4.69, 9.17) is 21.1 Å². The normalized spacial score (nSPS) is 12.8. The van der Waals surface area contributed by atoms with E-state index in [2.05, 4.69) is 15.1 Å². The zero-order chi connectivity index (χ0) is 20.5. The predicted octanol–water partition coefficient (Wildman–Crippen LogP) is 4.22. The quantitative estimate of drug-likeness (QED) is 0.262. The Bertz CT molecular complexity index is 1240. The first-order valence-electron chi connectivity index (χ1n) is 9.19. The number of benzene rings is 2. The number of thioether (sulfide) groups is 1. The highest BCUT2D eigenvalue weighted by Gasteiger charge is 2.17. The minimum atomic E-state index is -0.0196. The van der Waals surface area contributed by atoms with Crippen molar-refractivity contribution in [3.05, 3.63) is 65.6 Å². The summed E-state index contributed by atoms with van der Waals surface area (Å²) in [6.45, 7) is 0.999. The van der Waals surface area contributed by atoms with E-state index in [1.165, 1.54) is 18.1 Å². The van der Waals surface area contributed by atoms with Crippen molar-refractivity contribution in [2.45, 2.75) is 5.03 Å². The fourth-order valence-corrected chi connectivity index (χ4v) is 4.12. The number of halogens is 1. The molecular formula is C21H15ClN4O3S. The van der Waals surface area contributed by atoms with Crippen LogP contribution in [0, 0.1) is 0 Å². The summed E-state index contributed by atoms with van der Waals surface area (Å²) in [5.41, 5.74) is 2.09. The van der Waals surface area contributed by atoms with E-state index in [1.54, 1.807) is 41.2 Å². The molecule has 0 N–H and O–H groups in total. The molecule has 0 fully saturated rings. The van der Waals surface area contributed by atoms with E-state index >= 15 is 0 Å². The molecule has 150 valence electrons. The monoisotopic (exact) mass is 438 g/mol. The number of fused-ring (bicyclic) bond motifs is 2. The lowest BCUT2D eigenvalue weighted by molar-refractivity contribution is 0.102. The van der Waals surface area contributed by atoms with Crippen LogP contribution < -0.4 is 9.47 Å². The van der Waals surface area contributed by atoms with Crippen molar-refractivity contribution in [2.24, 2.45) is 0 Å². The lowest BCUT2D eigenvalue weighted by atomic mass is 10.1. The van der Waals surface area contributed by atoms with Crippen LogP contribution in [0.3, 0.4) is 0 Å². The molecule has 0 amide bonds. The number of ketones is 1. The van der Waals surface area contributed by atoms with E-state index in [0.717, 1.165) is 11.1 Å². The van der Waals surface area contributed by atoms with Crippen molar-refractivity contribution in [1.29, 1.82) is 0 Å². The van der Waals surface area contributed by atoms with Gasteiger partial charge >= 0.3 is 0 Å². The molecule has 0 spiro atoms. The van der Waals surface area contributed by atoms with Crippen molar-refractivity contribution in [1.82, 2.24) is 19.7 Å². The molecule has 30 heavy (non-hydrogen) atoms. The lowest BCUT2D eigenvalue weighted by Gasteiger charge is -2.18. The maximum absolute atomic E-state index is 12.7. The first-order chi connectivity index (χ1) is 14.7. The van der Waals surface area contributed by atoms with Gasteiger partial charge in [-0.25, -0.2) is 14.6 Å². The Hall–Kier alpha value is -3.10. The van der Waals surface area contributed by atoms with Gasteiger partial charge in [0.2, 0.25) is 0 Å². The van der Waals surface area contributed by atoms with Crippen LogP contribution in [-0.2, 0) is 0 Å². The van der Waals surface area contributed by atoms with Crippen molar-refractivity contribution < 1.29 is 14.3 Å². The highest BCUT2D eigenvalue weighted by Crippen LogP contribution is 2.32. The number of hydrogen-bond donors (Lipinski definition) is 0. The van der Waals surface area contributed by atoms with Gasteiger partial charge in [-0.2, -0.15) is 5.10 Å². The summed E-state index contributed by atoms with van der Waals surface area (Å²) in [4.78, 5) is 21.4. The molecule has 4 aromatic rings. The molecule has 0 bridgehead atoms. The maximum Gasteiger partial charge on any atom is 0.173 e. The van der Waals surface area contributed by atoms with Gasteiger partial charge in [0, 0.05) is 10.6 Å². The molecular weight excluding hydrogens is 424 g/mol. The zero-order valence-corrected chi connectivity index (χ0v) is 17.2. The molecule has 3 heterocycles. The van der Waals surface area contributed by atoms with Crippen LogP contribution in [0.1, 0.15) is 10.4 Å². The molecule has 5 rings (SSSR count). The van der Waals surface area contributed by atoms with Crippen molar-refractivity contribution in [2.75, 3.05) is 19.0 Å². The predicted molar refractivity (Wildman–Crippen MR) is 114 cm³/mol. The van der Waals surface area contributed by atoms with E-state index in [-0.39, 0.29) is 11.5 Å². The topological polar surface area (TPSA) is 79.1 Å². The molecule has 0 atom stereocenters. The standard InChI is InChI=1S/C21H15ClN4O3S/c22-14-2-4-15(5-3-14)26-20-16(10-25-26)21(24-12-23-20)30-11-17(27)13-1-6-18-19(9-13)29-8-7-28-18/h1-6,9-10,12H,7-8,11H2. The minimum Gasteiger partial charge on any atom is -0.486 e. The van der Waals surface area contributed by atoms with Crippen LogP contribution in [0.5, 0.6) is 11.5 Å². The first kappa shape index (κ1) is 18.9. The van der Waals surface area contributed by atoms with Gasteiger partial charge in [-0.15, -0.1) is 0 Å². The van der Waals surface area contributed by atoms with E-state index < -0.39 is 0 Å². The van der Waals surface area contributed by atoms with Crippen LogP contribution in [0.2, 0.25) is 5.02 Å². The van der Waals surface area contributed by atoms with Crippen LogP contribution in [-0.4, -0.2) is 44.5 Å². The fraction of sp³-hybridized carbons (Fsp3) is 0.143. The Balaban J connectivity index is 1.37. The SMILES string of the molecule is O=C(CSc1ncnc2c1cnn2-c1ccc(Cl)cc1)c1ccc2c(c1)OCCO2. The van der Waals surface area contributed by atoms with Gasteiger partial charge < -0.3 is 9.47 Å². The summed E-state index contributed by atoms with van der Waals surface area (Å²) < 4.78 is 12.8. The summed E-state index contributed by atoms with van der Waals surface area (Å²) >= 11 is 7.33. The Morgan fingerprint density at radius 1 is 1.07 bits per heavy atom. The largest absolute Gasteiger partial charge is 0.486 e. The number of Topliss-reactive ketones (excluding diaryl/α,β-unsaturated/α-hetero) is 1. The molecule has 0 unspecified atom stereocenters. The molecule has 0 radical (unpaired) electrons. The molecule has 1 aliphatic heterocycles. The van der Waals surface area contributed by atoms with Gasteiger partial charge in [0.15, 0.2) is 22.9 Å². The van der Waals surface area contributed by atoms with Gasteiger partial charge in [-0.3, -0.25) is 4.79 Å². The zero-order valence-electron chi connectivity index (χ0n) is 15.6. The second-order valence-electron chi connectivity index (χ2n) is 6.52. The summed E-state index contributed by atoms with van der Waals surface area (Å²) in [5, 5.41) is 6.57. The third-order valence-corrected chi connectivity index (χ3v) is 5.86. The smallest absolute Gasteiger partial charge is 0.173 e. The Labute approximate surface area is 181 Å². The number of carbonyl (C=O) groups is 1. The Kier molecular flexibility index (Phi) is 5.02. The summed E-state index contributed by atoms with van der Waals surface area (Å²) in [5.74, 6) is 1.48. The van der Waals surface area contributed by atoms with Gasteiger partial charge in [0.25, 0.3) is 0 Å². The van der Waals surface area contributed by atoms with E-state index in [0.29, 0.717) is 46.0 Å². The Morgan fingerprint density at radius 2 is 1.87 bits per heavy atom. The maximum atomic E-state index is 12.7. The molecule has 9 heteroatoms. The number of hydrogen-bond acceptors (Lipinski definition) is 7. The first-order valence-corrected chi connectivity index (χ1v) is 10.6. The molecule has 1 aliphatic rings. The molecule has 0 saturated heterocycles. The average molecular weight is 439 g/mol. The van der Waals surface area contributed by atoms with Crippen molar-refractivity contribution in [3.8, 4) is 17.2 Å². The highest BCUT2D eigenvalue weighted by molar-refractivity contribution is 8.00. The second-order valence-corrected chi connectivity index (χ2v) is 7.92. The summed E-state index contributed by atoms with van der Waals surface area (Å²) in [6, 6.07) is 12.6. The van der Waals surface area contributed by atoms with Crippen LogP contribution >= 0.6 is 23.4 Å². The molecule has 0 saturated carbocycles. The third kappa shape index (κ3) is 3.59. The molecule has 2 aromatic carbocycles. The average Bonchev–Trinajstić information content (AvgIpc) is 3.22. The van der Waals surface area contributed by atoms with Gasteiger partial charge in [-0.05, 0) is 42.5 Å². The van der Waals surface area contributed by atoms with Gasteiger partial charge in [0.1, 0.15) is 24.6 Å². The third-order valence-electron chi connectivity index (χ3n) is 4.60. The lowest BCUT2D eigenvalue weighted by Crippen LogP contribution is -2.16. The molecule has 0 aliphatic carbocycles. The van der Waals surface area contributed by atoms with Crippen molar-refractivity contribution >= 4 is 40.2 Å². The number of aromatic nitrogens is 4. The minimum absolute atomic E-state index is 0.0196. The van der Waals surface area contributed by atoms with Crippen LogP contribution in [0.25, 0.3) is 16.7 Å². The van der Waals surface area contributed by atoms with Gasteiger partial charge in [0.05, 0.1) is 23.0 Å². The number of rotatable bonds is 5. The molecule has 2 aromatic heterocycles. The van der Waals surface area contributed by atoms with E-state index in [1.807, 2.05) is 12.1 Å². The second kappa shape index (κ2) is 7.97. The summed E-state index contributed by atoms with van der Waals surface area (Å²) in [7, 11) is 0. The van der Waals surface area contributed by atoms with E-state index in [9.17, 15) is 4.79 Å². The van der Waals surface area contributed by atoms with Crippen LogP contribution in [0.4, 0.5) is 0 Å². The number of carbonyl (C=O) groups excluding carboxylic acids is 1. The fourth-order valence-electron chi connectivity index (χ4n) is 3.14. The Morgan fingerprint density at radius 3 is 2.70 bits per heavy atom. The van der Waals surface area contributed by atoms with Crippen LogP contribution in [0.15, 0.2) is 60.0 Å². The summed E-state index contributed by atoms with van der Waals surface area (Å²) in [6.07, 6.45) is 3.19.